The number of fused-ring (bicyclic) bond motifs is 1. The molecule has 0 saturated carbocycles. The first kappa shape index (κ1) is 13.3. The number of aromatic nitrogens is 3. The Morgan fingerprint density at radius 3 is 3.20 bits per heavy atom. The minimum absolute atomic E-state index is 0.245. The molecule has 1 aliphatic heterocycles. The van der Waals surface area contributed by atoms with Gasteiger partial charge in [0.1, 0.15) is 5.82 Å². The summed E-state index contributed by atoms with van der Waals surface area (Å²) in [5.74, 6) is 1.37. The van der Waals surface area contributed by atoms with Crippen LogP contribution in [0.2, 0.25) is 0 Å². The number of aliphatic hydroxyl groups is 1. The van der Waals surface area contributed by atoms with Crippen molar-refractivity contribution in [1.29, 1.82) is 0 Å². The lowest BCUT2D eigenvalue weighted by Crippen LogP contribution is -2.38. The molecule has 3 heterocycles. The third-order valence-electron chi connectivity index (χ3n) is 3.79. The van der Waals surface area contributed by atoms with Crippen LogP contribution in [0.3, 0.4) is 0 Å². The second-order valence-corrected chi connectivity index (χ2v) is 5.28. The molecule has 1 fully saturated rings. The van der Waals surface area contributed by atoms with Crippen molar-refractivity contribution in [3.63, 3.8) is 0 Å². The first-order chi connectivity index (χ1) is 9.81. The number of nitrogens with zero attached hydrogens (tertiary/aromatic N) is 4. The Bertz CT molecular complexity index is 584. The smallest absolute Gasteiger partial charge is 0.157 e. The van der Waals surface area contributed by atoms with Gasteiger partial charge in [-0.2, -0.15) is 9.61 Å². The molecule has 6 heteroatoms. The molecule has 3 rings (SSSR count). The minimum Gasteiger partial charge on any atom is -0.396 e. The lowest BCUT2D eigenvalue weighted by atomic mass is 9.99. The summed E-state index contributed by atoms with van der Waals surface area (Å²) in [6.45, 7) is 2.59. The highest BCUT2D eigenvalue weighted by Crippen LogP contribution is 2.24. The van der Waals surface area contributed by atoms with Gasteiger partial charge >= 0.3 is 0 Å². The Kier molecular flexibility index (Phi) is 3.84. The molecule has 1 saturated heterocycles. The third kappa shape index (κ3) is 2.48. The maximum Gasteiger partial charge on any atom is 0.157 e. The van der Waals surface area contributed by atoms with Crippen LogP contribution in [0.4, 0.5) is 5.82 Å². The number of methoxy groups -OCH3 is 1. The number of rotatable bonds is 4. The summed E-state index contributed by atoms with van der Waals surface area (Å²) in [7, 11) is 1.67. The normalized spacial score (nSPS) is 19.7. The van der Waals surface area contributed by atoms with E-state index in [2.05, 4.69) is 15.0 Å². The second kappa shape index (κ2) is 5.76. The van der Waals surface area contributed by atoms with Gasteiger partial charge in [0, 0.05) is 38.9 Å². The Balaban J connectivity index is 1.98. The van der Waals surface area contributed by atoms with Gasteiger partial charge in [-0.15, -0.1) is 0 Å². The number of piperidine rings is 1. The molecule has 20 heavy (non-hydrogen) atoms. The van der Waals surface area contributed by atoms with E-state index in [0.717, 1.165) is 43.1 Å². The molecule has 1 atom stereocenters. The average molecular weight is 276 g/mol. The number of anilines is 1. The van der Waals surface area contributed by atoms with E-state index >= 15 is 0 Å². The number of hydrogen-bond donors (Lipinski definition) is 1. The summed E-state index contributed by atoms with van der Waals surface area (Å²) in [5.41, 5.74) is 1.74. The van der Waals surface area contributed by atoms with Crippen molar-refractivity contribution in [3.05, 3.63) is 24.0 Å². The quantitative estimate of drug-likeness (QED) is 0.905. The van der Waals surface area contributed by atoms with E-state index < -0.39 is 0 Å². The van der Waals surface area contributed by atoms with Gasteiger partial charge in [0.15, 0.2) is 5.65 Å². The predicted octanol–water partition coefficient (Wildman–Crippen LogP) is 1.08. The molecule has 108 valence electrons. The van der Waals surface area contributed by atoms with E-state index in [1.807, 2.05) is 16.6 Å². The number of hydrogen-bond acceptors (Lipinski definition) is 5. The van der Waals surface area contributed by atoms with Gasteiger partial charge in [-0.1, -0.05) is 0 Å². The SMILES string of the molecule is COCc1cc(N2CCCC(CO)C2)n2nccc2n1. The van der Waals surface area contributed by atoms with Crippen molar-refractivity contribution in [2.45, 2.75) is 19.4 Å². The summed E-state index contributed by atoms with van der Waals surface area (Å²) in [5, 5.41) is 13.7. The zero-order valence-electron chi connectivity index (χ0n) is 11.7. The van der Waals surface area contributed by atoms with Gasteiger partial charge in [-0.05, 0) is 18.8 Å². The maximum absolute atomic E-state index is 9.39. The van der Waals surface area contributed by atoms with Crippen LogP contribution in [0.5, 0.6) is 0 Å². The molecule has 0 spiro atoms. The van der Waals surface area contributed by atoms with Gasteiger partial charge < -0.3 is 14.7 Å². The molecule has 0 aromatic carbocycles. The molecule has 2 aromatic rings. The summed E-state index contributed by atoms with van der Waals surface area (Å²) in [4.78, 5) is 6.80. The van der Waals surface area contributed by atoms with Crippen molar-refractivity contribution in [3.8, 4) is 0 Å². The highest BCUT2D eigenvalue weighted by molar-refractivity contribution is 5.51. The molecule has 6 nitrogen and oxygen atoms in total. The van der Waals surface area contributed by atoms with Gasteiger partial charge in [-0.3, -0.25) is 0 Å². The van der Waals surface area contributed by atoms with Crippen molar-refractivity contribution >= 4 is 11.5 Å². The fourth-order valence-corrected chi connectivity index (χ4v) is 2.82. The fourth-order valence-electron chi connectivity index (χ4n) is 2.82. The molecule has 1 unspecified atom stereocenters. The first-order valence-electron chi connectivity index (χ1n) is 7.00. The van der Waals surface area contributed by atoms with E-state index in [1.54, 1.807) is 13.3 Å². The third-order valence-corrected chi connectivity index (χ3v) is 3.79. The van der Waals surface area contributed by atoms with Crippen LogP contribution in [0.15, 0.2) is 18.3 Å². The highest BCUT2D eigenvalue weighted by atomic mass is 16.5. The maximum atomic E-state index is 9.39. The molecular weight excluding hydrogens is 256 g/mol. The zero-order chi connectivity index (χ0) is 13.9. The van der Waals surface area contributed by atoms with Crippen LogP contribution in [-0.2, 0) is 11.3 Å². The molecule has 0 radical (unpaired) electrons. The lowest BCUT2D eigenvalue weighted by Gasteiger charge is -2.33. The van der Waals surface area contributed by atoms with Gasteiger partial charge in [0.2, 0.25) is 0 Å². The zero-order valence-corrected chi connectivity index (χ0v) is 11.7. The van der Waals surface area contributed by atoms with Crippen molar-refractivity contribution in [2.24, 2.45) is 5.92 Å². The monoisotopic (exact) mass is 276 g/mol. The number of aliphatic hydroxyl groups excluding tert-OH is 1. The van der Waals surface area contributed by atoms with E-state index in [-0.39, 0.29) is 6.61 Å². The molecule has 1 aliphatic rings. The van der Waals surface area contributed by atoms with Gasteiger partial charge in [-0.25, -0.2) is 4.98 Å². The molecular formula is C14H20N4O2. The Labute approximate surface area is 118 Å². The van der Waals surface area contributed by atoms with Gasteiger partial charge in [0.25, 0.3) is 0 Å². The van der Waals surface area contributed by atoms with E-state index in [1.165, 1.54) is 0 Å². The topological polar surface area (TPSA) is 62.9 Å². The van der Waals surface area contributed by atoms with Gasteiger partial charge in [0.05, 0.1) is 18.5 Å². The second-order valence-electron chi connectivity index (χ2n) is 5.28. The van der Waals surface area contributed by atoms with E-state index in [9.17, 15) is 5.11 Å². The molecule has 0 bridgehead atoms. The molecule has 0 aliphatic carbocycles. The van der Waals surface area contributed by atoms with Crippen LogP contribution >= 0.6 is 0 Å². The summed E-state index contributed by atoms with van der Waals surface area (Å²) in [6.07, 6.45) is 3.94. The largest absolute Gasteiger partial charge is 0.396 e. The van der Waals surface area contributed by atoms with Crippen LogP contribution in [0.25, 0.3) is 5.65 Å². The average Bonchev–Trinajstić information content (AvgIpc) is 2.95. The van der Waals surface area contributed by atoms with Crippen LogP contribution in [-0.4, -0.2) is 46.5 Å². The van der Waals surface area contributed by atoms with Crippen LogP contribution < -0.4 is 4.90 Å². The minimum atomic E-state index is 0.245. The van der Waals surface area contributed by atoms with Crippen molar-refractivity contribution in [2.75, 3.05) is 31.7 Å². The van der Waals surface area contributed by atoms with Crippen molar-refractivity contribution in [1.82, 2.24) is 14.6 Å². The highest BCUT2D eigenvalue weighted by Gasteiger charge is 2.22. The standard InChI is InChI=1S/C14H20N4O2/c1-20-10-12-7-14(18-13(16-12)4-5-15-18)17-6-2-3-11(8-17)9-19/h4-5,7,11,19H,2-3,6,8-10H2,1H3. The number of ether oxygens (including phenoxy) is 1. The Morgan fingerprint density at radius 1 is 1.50 bits per heavy atom. The predicted molar refractivity (Wildman–Crippen MR) is 75.7 cm³/mol. The van der Waals surface area contributed by atoms with E-state index in [0.29, 0.717) is 12.5 Å². The summed E-state index contributed by atoms with van der Waals surface area (Å²) in [6, 6.07) is 3.93. The Hall–Kier alpha value is -1.66. The van der Waals surface area contributed by atoms with Crippen molar-refractivity contribution < 1.29 is 9.84 Å². The first-order valence-corrected chi connectivity index (χ1v) is 7.00. The molecule has 2 aromatic heterocycles. The molecule has 0 amide bonds. The lowest BCUT2D eigenvalue weighted by molar-refractivity contribution is 0.181. The summed E-state index contributed by atoms with van der Waals surface area (Å²) < 4.78 is 7.05. The summed E-state index contributed by atoms with van der Waals surface area (Å²) >= 11 is 0. The molecule has 1 N–H and O–H groups in total. The van der Waals surface area contributed by atoms with E-state index in [4.69, 9.17) is 4.74 Å². The van der Waals surface area contributed by atoms with Crippen LogP contribution in [0, 0.1) is 5.92 Å². The fraction of sp³-hybridized carbons (Fsp3) is 0.571. The Morgan fingerprint density at radius 2 is 2.40 bits per heavy atom. The van der Waals surface area contributed by atoms with Crippen LogP contribution in [0.1, 0.15) is 18.5 Å².